The number of ether oxygens (including phenoxy) is 1. The molecule has 1 aliphatic rings. The largest absolute Gasteiger partial charge is 0.504 e. The Morgan fingerprint density at radius 1 is 1.14 bits per heavy atom. The van der Waals surface area contributed by atoms with Gasteiger partial charge in [-0.15, -0.1) is 0 Å². The van der Waals surface area contributed by atoms with E-state index in [1.165, 1.54) is 10.9 Å². The summed E-state index contributed by atoms with van der Waals surface area (Å²) in [4.78, 5) is 3.51. The highest BCUT2D eigenvalue weighted by molar-refractivity contribution is 5.85. The maximum absolute atomic E-state index is 10.5. The van der Waals surface area contributed by atoms with Gasteiger partial charge in [0.2, 0.25) is 0 Å². The van der Waals surface area contributed by atoms with Crippen molar-refractivity contribution in [2.24, 2.45) is 0 Å². The first-order valence-electron chi connectivity index (χ1n) is 7.48. The van der Waals surface area contributed by atoms with E-state index in [9.17, 15) is 5.11 Å². The van der Waals surface area contributed by atoms with E-state index in [1.54, 1.807) is 13.2 Å². The molecule has 4 heteroatoms. The number of phenolic OH excluding ortho intramolecular Hbond substituents is 1. The van der Waals surface area contributed by atoms with Gasteiger partial charge in [0.15, 0.2) is 11.5 Å². The molecular formula is C18H18N2O2. The average molecular weight is 294 g/mol. The number of phenols is 1. The molecule has 0 bridgehead atoms. The van der Waals surface area contributed by atoms with Crippen LogP contribution in [0.4, 0.5) is 0 Å². The smallest absolute Gasteiger partial charge is 0.162 e. The minimum atomic E-state index is -0.0498. The number of hydrogen-bond donors (Lipinski definition) is 3. The Labute approximate surface area is 128 Å². The van der Waals surface area contributed by atoms with Crippen molar-refractivity contribution in [2.45, 2.75) is 12.5 Å². The highest BCUT2D eigenvalue weighted by Gasteiger charge is 2.27. The third-order valence-electron chi connectivity index (χ3n) is 4.42. The fourth-order valence-corrected chi connectivity index (χ4v) is 3.38. The van der Waals surface area contributed by atoms with Crippen molar-refractivity contribution in [3.05, 3.63) is 59.3 Å². The molecule has 4 nitrogen and oxygen atoms in total. The normalized spacial score (nSPS) is 17.4. The average Bonchev–Trinajstić information content (AvgIpc) is 2.94. The van der Waals surface area contributed by atoms with Gasteiger partial charge in [-0.1, -0.05) is 30.3 Å². The van der Waals surface area contributed by atoms with Gasteiger partial charge in [-0.2, -0.15) is 0 Å². The molecule has 4 rings (SSSR count). The van der Waals surface area contributed by atoms with Crippen LogP contribution in [0.2, 0.25) is 0 Å². The predicted molar refractivity (Wildman–Crippen MR) is 86.5 cm³/mol. The predicted octanol–water partition coefficient (Wildman–Crippen LogP) is 3.12. The molecule has 0 saturated carbocycles. The van der Waals surface area contributed by atoms with Crippen LogP contribution < -0.4 is 10.1 Å². The lowest BCUT2D eigenvalue weighted by molar-refractivity contribution is 0.367. The van der Waals surface area contributed by atoms with Gasteiger partial charge in [0, 0.05) is 28.7 Å². The summed E-state index contributed by atoms with van der Waals surface area (Å²) in [7, 11) is 1.57. The molecule has 1 aliphatic heterocycles. The lowest BCUT2D eigenvalue weighted by Gasteiger charge is -2.25. The van der Waals surface area contributed by atoms with Crippen LogP contribution in [0.1, 0.15) is 22.9 Å². The first kappa shape index (κ1) is 13.2. The Kier molecular flexibility index (Phi) is 3.05. The van der Waals surface area contributed by atoms with E-state index in [-0.39, 0.29) is 11.8 Å². The van der Waals surface area contributed by atoms with Crippen molar-refractivity contribution >= 4 is 10.9 Å². The first-order valence-corrected chi connectivity index (χ1v) is 7.48. The molecule has 1 aromatic heterocycles. The molecule has 0 spiro atoms. The summed E-state index contributed by atoms with van der Waals surface area (Å²) in [5.74, 6) is 0.705. The van der Waals surface area contributed by atoms with Crippen LogP contribution in [0.15, 0.2) is 42.5 Å². The van der Waals surface area contributed by atoms with Gasteiger partial charge >= 0.3 is 0 Å². The molecule has 2 aromatic carbocycles. The van der Waals surface area contributed by atoms with E-state index in [0.717, 1.165) is 29.7 Å². The van der Waals surface area contributed by atoms with E-state index in [0.29, 0.717) is 5.75 Å². The zero-order chi connectivity index (χ0) is 15.1. The zero-order valence-corrected chi connectivity index (χ0v) is 12.4. The van der Waals surface area contributed by atoms with Crippen LogP contribution in [-0.4, -0.2) is 23.7 Å². The third kappa shape index (κ3) is 1.88. The SMILES string of the molecule is COc1cccc([C@H]2NCCc3c2[nH]c2ccccc32)c1O. The highest BCUT2D eigenvalue weighted by atomic mass is 16.5. The molecule has 22 heavy (non-hydrogen) atoms. The molecule has 0 aliphatic carbocycles. The summed E-state index contributed by atoms with van der Waals surface area (Å²) in [5.41, 5.74) is 4.45. The summed E-state index contributed by atoms with van der Waals surface area (Å²) in [5, 5.41) is 15.2. The highest BCUT2D eigenvalue weighted by Crippen LogP contribution is 2.39. The Morgan fingerprint density at radius 3 is 2.86 bits per heavy atom. The van der Waals surface area contributed by atoms with Crippen molar-refractivity contribution in [1.29, 1.82) is 0 Å². The molecule has 3 N–H and O–H groups in total. The van der Waals surface area contributed by atoms with Crippen LogP contribution in [-0.2, 0) is 6.42 Å². The Hall–Kier alpha value is -2.46. The van der Waals surface area contributed by atoms with Gasteiger partial charge in [0.25, 0.3) is 0 Å². The second-order valence-electron chi connectivity index (χ2n) is 5.60. The number of fused-ring (bicyclic) bond motifs is 3. The molecule has 1 atom stereocenters. The minimum Gasteiger partial charge on any atom is -0.504 e. The van der Waals surface area contributed by atoms with Crippen LogP contribution in [0.5, 0.6) is 11.5 Å². The Bertz CT molecular complexity index is 838. The van der Waals surface area contributed by atoms with Crippen LogP contribution in [0, 0.1) is 0 Å². The van der Waals surface area contributed by atoms with Crippen LogP contribution in [0.3, 0.4) is 0 Å². The van der Waals surface area contributed by atoms with Crippen molar-refractivity contribution < 1.29 is 9.84 Å². The maximum atomic E-state index is 10.5. The fraction of sp³-hybridized carbons (Fsp3) is 0.222. The monoisotopic (exact) mass is 294 g/mol. The molecular weight excluding hydrogens is 276 g/mol. The first-order chi connectivity index (χ1) is 10.8. The number of aromatic amines is 1. The number of aromatic hydroxyl groups is 1. The quantitative estimate of drug-likeness (QED) is 0.680. The lowest BCUT2D eigenvalue weighted by atomic mass is 9.93. The summed E-state index contributed by atoms with van der Waals surface area (Å²) in [6.45, 7) is 0.885. The van der Waals surface area contributed by atoms with Crippen molar-refractivity contribution in [1.82, 2.24) is 10.3 Å². The van der Waals surface area contributed by atoms with Crippen molar-refractivity contribution in [2.75, 3.05) is 13.7 Å². The minimum absolute atomic E-state index is 0.0498. The van der Waals surface area contributed by atoms with Crippen LogP contribution in [0.25, 0.3) is 10.9 Å². The number of rotatable bonds is 2. The number of nitrogens with one attached hydrogen (secondary N) is 2. The summed E-state index contributed by atoms with van der Waals surface area (Å²) >= 11 is 0. The molecule has 3 aromatic rings. The van der Waals surface area contributed by atoms with E-state index >= 15 is 0 Å². The number of para-hydroxylation sites is 2. The van der Waals surface area contributed by atoms with Gasteiger partial charge in [0.05, 0.1) is 13.2 Å². The third-order valence-corrected chi connectivity index (χ3v) is 4.42. The van der Waals surface area contributed by atoms with Crippen molar-refractivity contribution in [3.63, 3.8) is 0 Å². The molecule has 0 fully saturated rings. The summed E-state index contributed by atoms with van der Waals surface area (Å²) in [6, 6.07) is 13.9. The standard InChI is InChI=1S/C18H18N2O2/c1-22-15-8-4-6-13(18(15)21)16-17-12(9-10-19-16)11-5-2-3-7-14(11)20-17/h2-8,16,19-21H,9-10H2,1H3/t16-/m1/s1. The zero-order valence-electron chi connectivity index (χ0n) is 12.4. The Balaban J connectivity index is 1.90. The second kappa shape index (κ2) is 5.07. The van der Waals surface area contributed by atoms with Gasteiger partial charge in [0.1, 0.15) is 0 Å². The lowest BCUT2D eigenvalue weighted by Crippen LogP contribution is -2.30. The number of aromatic nitrogens is 1. The molecule has 112 valence electrons. The molecule has 0 radical (unpaired) electrons. The second-order valence-corrected chi connectivity index (χ2v) is 5.60. The van der Waals surface area contributed by atoms with Crippen LogP contribution >= 0.6 is 0 Å². The van der Waals surface area contributed by atoms with Crippen molar-refractivity contribution in [3.8, 4) is 11.5 Å². The topological polar surface area (TPSA) is 57.3 Å². The molecule has 2 heterocycles. The number of hydrogen-bond acceptors (Lipinski definition) is 3. The fourth-order valence-electron chi connectivity index (χ4n) is 3.38. The number of H-pyrrole nitrogens is 1. The molecule has 0 saturated heterocycles. The summed E-state index contributed by atoms with van der Waals surface area (Å²) in [6.07, 6.45) is 0.987. The van der Waals surface area contributed by atoms with Gasteiger partial charge < -0.3 is 20.1 Å². The van der Waals surface area contributed by atoms with Gasteiger partial charge in [-0.3, -0.25) is 0 Å². The number of methoxy groups -OCH3 is 1. The number of benzene rings is 2. The maximum Gasteiger partial charge on any atom is 0.162 e. The molecule has 0 amide bonds. The van der Waals surface area contributed by atoms with Gasteiger partial charge in [-0.25, -0.2) is 0 Å². The van der Waals surface area contributed by atoms with E-state index in [1.807, 2.05) is 18.2 Å². The van der Waals surface area contributed by atoms with E-state index in [2.05, 4.69) is 28.5 Å². The van der Waals surface area contributed by atoms with Gasteiger partial charge in [-0.05, 0) is 24.1 Å². The van der Waals surface area contributed by atoms with E-state index in [4.69, 9.17) is 4.74 Å². The van der Waals surface area contributed by atoms with E-state index < -0.39 is 0 Å². The Morgan fingerprint density at radius 2 is 2.00 bits per heavy atom. The summed E-state index contributed by atoms with van der Waals surface area (Å²) < 4.78 is 5.24. The molecule has 0 unspecified atom stereocenters.